The highest BCUT2D eigenvalue weighted by atomic mass is 16.2. The maximum atomic E-state index is 12.0. The normalized spacial score (nSPS) is 31.8. The molecular weight excluding hydrogens is 238 g/mol. The molecule has 4 heteroatoms. The smallest absolute Gasteiger partial charge is 0.234 e. The molecule has 2 bridgehead atoms. The average molecular weight is 267 g/mol. The van der Waals surface area contributed by atoms with Crippen LogP contribution in [-0.4, -0.2) is 48.6 Å². The minimum absolute atomic E-state index is 0.162. The van der Waals surface area contributed by atoms with Crippen LogP contribution in [0.25, 0.3) is 0 Å². The number of piperidine rings is 1. The maximum Gasteiger partial charge on any atom is 0.234 e. The lowest BCUT2D eigenvalue weighted by Gasteiger charge is -2.35. The lowest BCUT2D eigenvalue weighted by atomic mass is 9.98. The summed E-state index contributed by atoms with van der Waals surface area (Å²) in [6, 6.07) is 2.19. The second-order valence-corrected chi connectivity index (χ2v) is 6.78. The number of nitrogens with one attached hydrogen (secondary N) is 2. The SMILES string of the molecule is CC(C)C(C)NC(=O)CN(C)C1CC2CCC(C1)N2. The monoisotopic (exact) mass is 267 g/mol. The van der Waals surface area contributed by atoms with Crippen molar-refractivity contribution in [2.24, 2.45) is 5.92 Å². The lowest BCUT2D eigenvalue weighted by Crippen LogP contribution is -2.50. The summed E-state index contributed by atoms with van der Waals surface area (Å²) >= 11 is 0. The van der Waals surface area contributed by atoms with Crippen molar-refractivity contribution in [3.8, 4) is 0 Å². The Bertz CT molecular complexity index is 307. The number of hydrogen-bond donors (Lipinski definition) is 2. The molecule has 0 saturated carbocycles. The molecule has 2 aliphatic heterocycles. The molecule has 0 aromatic heterocycles. The van der Waals surface area contributed by atoms with Crippen molar-refractivity contribution in [1.82, 2.24) is 15.5 Å². The van der Waals surface area contributed by atoms with E-state index in [2.05, 4.69) is 43.4 Å². The summed E-state index contributed by atoms with van der Waals surface area (Å²) < 4.78 is 0. The number of likely N-dealkylation sites (N-methyl/N-ethyl adjacent to an activating group) is 1. The molecule has 0 aromatic rings. The van der Waals surface area contributed by atoms with Crippen LogP contribution in [0.15, 0.2) is 0 Å². The second-order valence-electron chi connectivity index (χ2n) is 6.78. The summed E-state index contributed by atoms with van der Waals surface area (Å²) in [6.45, 7) is 6.88. The van der Waals surface area contributed by atoms with Gasteiger partial charge in [-0.2, -0.15) is 0 Å². The summed E-state index contributed by atoms with van der Waals surface area (Å²) in [6.07, 6.45) is 5.01. The van der Waals surface area contributed by atoms with Gasteiger partial charge in [0.15, 0.2) is 0 Å². The zero-order valence-electron chi connectivity index (χ0n) is 12.8. The Hall–Kier alpha value is -0.610. The summed E-state index contributed by atoms with van der Waals surface area (Å²) in [5.41, 5.74) is 0. The molecule has 0 aliphatic carbocycles. The standard InChI is InChI=1S/C15H29N3O/c1-10(2)11(3)16-15(19)9-18(4)14-7-12-5-6-13(8-14)17-12/h10-14,17H,5-9H2,1-4H3,(H,16,19). The molecule has 0 spiro atoms. The van der Waals surface area contributed by atoms with E-state index in [1.54, 1.807) is 0 Å². The predicted molar refractivity (Wildman–Crippen MR) is 78.0 cm³/mol. The first-order valence-electron chi connectivity index (χ1n) is 7.71. The zero-order chi connectivity index (χ0) is 14.0. The fraction of sp³-hybridized carbons (Fsp3) is 0.933. The highest BCUT2D eigenvalue weighted by molar-refractivity contribution is 5.78. The first-order valence-corrected chi connectivity index (χ1v) is 7.71. The molecule has 2 aliphatic rings. The zero-order valence-corrected chi connectivity index (χ0v) is 12.8. The average Bonchev–Trinajstić information content (AvgIpc) is 2.67. The van der Waals surface area contributed by atoms with E-state index in [4.69, 9.17) is 0 Å². The quantitative estimate of drug-likeness (QED) is 0.790. The Kier molecular flexibility index (Phi) is 4.85. The van der Waals surface area contributed by atoms with E-state index in [9.17, 15) is 4.79 Å². The number of carbonyl (C=O) groups excluding carboxylic acids is 1. The molecule has 1 amide bonds. The molecular formula is C15H29N3O. The predicted octanol–water partition coefficient (Wildman–Crippen LogP) is 1.36. The third-order valence-electron chi connectivity index (χ3n) is 4.85. The Balaban J connectivity index is 1.77. The van der Waals surface area contributed by atoms with Gasteiger partial charge in [-0.3, -0.25) is 9.69 Å². The number of nitrogens with zero attached hydrogens (tertiary/aromatic N) is 1. The second kappa shape index (κ2) is 6.23. The number of rotatable bonds is 5. The largest absolute Gasteiger partial charge is 0.352 e. The van der Waals surface area contributed by atoms with Crippen molar-refractivity contribution in [3.63, 3.8) is 0 Å². The molecule has 3 atom stereocenters. The van der Waals surface area contributed by atoms with Crippen LogP contribution in [0.2, 0.25) is 0 Å². The van der Waals surface area contributed by atoms with Crippen LogP contribution in [0, 0.1) is 5.92 Å². The lowest BCUT2D eigenvalue weighted by molar-refractivity contribution is -0.123. The molecule has 2 fully saturated rings. The van der Waals surface area contributed by atoms with E-state index < -0.39 is 0 Å². The van der Waals surface area contributed by atoms with E-state index in [-0.39, 0.29) is 11.9 Å². The van der Waals surface area contributed by atoms with Crippen molar-refractivity contribution in [2.45, 2.75) is 70.6 Å². The summed E-state index contributed by atoms with van der Waals surface area (Å²) in [4.78, 5) is 14.3. The third kappa shape index (κ3) is 3.93. The summed E-state index contributed by atoms with van der Waals surface area (Å²) in [7, 11) is 2.09. The van der Waals surface area contributed by atoms with Gasteiger partial charge in [-0.25, -0.2) is 0 Å². The van der Waals surface area contributed by atoms with E-state index in [0.29, 0.717) is 30.6 Å². The van der Waals surface area contributed by atoms with E-state index in [1.807, 2.05) is 0 Å². The van der Waals surface area contributed by atoms with Crippen molar-refractivity contribution < 1.29 is 4.79 Å². The highest BCUT2D eigenvalue weighted by Crippen LogP contribution is 2.29. The number of amides is 1. The van der Waals surface area contributed by atoms with Gasteiger partial charge in [0.25, 0.3) is 0 Å². The summed E-state index contributed by atoms with van der Waals surface area (Å²) in [5, 5.41) is 6.74. The van der Waals surface area contributed by atoms with Crippen LogP contribution in [-0.2, 0) is 4.79 Å². The van der Waals surface area contributed by atoms with Crippen LogP contribution in [0.3, 0.4) is 0 Å². The Morgan fingerprint density at radius 1 is 1.26 bits per heavy atom. The first-order chi connectivity index (χ1) is 8.95. The fourth-order valence-electron chi connectivity index (χ4n) is 3.21. The van der Waals surface area contributed by atoms with Crippen LogP contribution in [0.5, 0.6) is 0 Å². The third-order valence-corrected chi connectivity index (χ3v) is 4.85. The van der Waals surface area contributed by atoms with Gasteiger partial charge in [0.2, 0.25) is 5.91 Å². The Labute approximate surface area is 117 Å². The van der Waals surface area contributed by atoms with Gasteiger partial charge in [0.05, 0.1) is 6.54 Å². The molecule has 3 unspecified atom stereocenters. The van der Waals surface area contributed by atoms with Gasteiger partial charge in [-0.1, -0.05) is 13.8 Å². The molecule has 0 radical (unpaired) electrons. The van der Waals surface area contributed by atoms with Gasteiger partial charge in [0, 0.05) is 24.2 Å². The number of carbonyl (C=O) groups is 1. The van der Waals surface area contributed by atoms with Crippen molar-refractivity contribution >= 4 is 5.91 Å². The fourth-order valence-corrected chi connectivity index (χ4v) is 3.21. The molecule has 2 saturated heterocycles. The molecule has 2 N–H and O–H groups in total. The van der Waals surface area contributed by atoms with Gasteiger partial charge in [0.1, 0.15) is 0 Å². The van der Waals surface area contributed by atoms with Gasteiger partial charge >= 0.3 is 0 Å². The van der Waals surface area contributed by atoms with Crippen molar-refractivity contribution in [2.75, 3.05) is 13.6 Å². The molecule has 2 heterocycles. The first kappa shape index (κ1) is 14.8. The van der Waals surface area contributed by atoms with Crippen LogP contribution >= 0.6 is 0 Å². The number of hydrogen-bond acceptors (Lipinski definition) is 3. The van der Waals surface area contributed by atoms with Gasteiger partial charge < -0.3 is 10.6 Å². The molecule has 2 rings (SSSR count). The Morgan fingerprint density at radius 3 is 2.37 bits per heavy atom. The maximum absolute atomic E-state index is 12.0. The molecule has 19 heavy (non-hydrogen) atoms. The molecule has 110 valence electrons. The summed E-state index contributed by atoms with van der Waals surface area (Å²) in [5.74, 6) is 0.651. The van der Waals surface area contributed by atoms with Crippen molar-refractivity contribution in [3.05, 3.63) is 0 Å². The van der Waals surface area contributed by atoms with E-state index >= 15 is 0 Å². The molecule has 4 nitrogen and oxygen atoms in total. The highest BCUT2D eigenvalue weighted by Gasteiger charge is 2.35. The Morgan fingerprint density at radius 2 is 1.84 bits per heavy atom. The van der Waals surface area contributed by atoms with E-state index in [0.717, 1.165) is 0 Å². The minimum Gasteiger partial charge on any atom is -0.352 e. The minimum atomic E-state index is 0.162. The van der Waals surface area contributed by atoms with Crippen molar-refractivity contribution in [1.29, 1.82) is 0 Å². The van der Waals surface area contributed by atoms with Crippen LogP contribution < -0.4 is 10.6 Å². The topological polar surface area (TPSA) is 44.4 Å². The molecule has 0 aromatic carbocycles. The van der Waals surface area contributed by atoms with Crippen LogP contribution in [0.1, 0.15) is 46.5 Å². The van der Waals surface area contributed by atoms with Gasteiger partial charge in [-0.15, -0.1) is 0 Å². The van der Waals surface area contributed by atoms with E-state index in [1.165, 1.54) is 25.7 Å². The van der Waals surface area contributed by atoms with Gasteiger partial charge in [-0.05, 0) is 45.6 Å². The van der Waals surface area contributed by atoms with Crippen LogP contribution in [0.4, 0.5) is 0 Å². The number of fused-ring (bicyclic) bond motifs is 2.